The fourth-order valence-electron chi connectivity index (χ4n) is 3.27. The predicted molar refractivity (Wildman–Crippen MR) is 129 cm³/mol. The van der Waals surface area contributed by atoms with Crippen molar-refractivity contribution >= 4 is 41.9 Å². The van der Waals surface area contributed by atoms with Crippen LogP contribution in [0.4, 0.5) is 17.5 Å². The second-order valence-electron chi connectivity index (χ2n) is 7.67. The molecule has 2 aromatic heterocycles. The van der Waals surface area contributed by atoms with Gasteiger partial charge < -0.3 is 26.2 Å². The van der Waals surface area contributed by atoms with Crippen molar-refractivity contribution in [1.82, 2.24) is 25.3 Å². The Morgan fingerprint density at radius 2 is 1.91 bits per heavy atom. The normalized spacial score (nSPS) is 12.9. The van der Waals surface area contributed by atoms with E-state index in [0.29, 0.717) is 54.7 Å². The molecule has 0 fully saturated rings. The van der Waals surface area contributed by atoms with Gasteiger partial charge in [0.1, 0.15) is 0 Å². The van der Waals surface area contributed by atoms with Crippen LogP contribution in [0.25, 0.3) is 11.2 Å². The minimum absolute atomic E-state index is 0.0548. The average Bonchev–Trinajstić information content (AvgIpc) is 2.77. The average molecular weight is 472 g/mol. The van der Waals surface area contributed by atoms with E-state index in [1.54, 1.807) is 25.0 Å². The van der Waals surface area contributed by atoms with E-state index >= 15 is 0 Å². The first-order valence-electron chi connectivity index (χ1n) is 10.5. The van der Waals surface area contributed by atoms with Gasteiger partial charge in [-0.05, 0) is 37.6 Å². The van der Waals surface area contributed by atoms with Gasteiger partial charge in [0, 0.05) is 37.7 Å². The number of nitrogens with two attached hydrogens (primary N) is 2. The van der Waals surface area contributed by atoms with Gasteiger partial charge in [0.2, 0.25) is 5.95 Å². The van der Waals surface area contributed by atoms with Gasteiger partial charge in [-0.1, -0.05) is 0 Å². The Kier molecular flexibility index (Phi) is 7.78. The molecule has 1 amide bonds. The SMILES string of the molecule is CCOP(C)(=O)CCCNC(=O)c1ccc(N(C)Cc2cnc3nc(N)nc(N)c3n2)cc1. The Balaban J connectivity index is 1.56. The number of nitrogens with zero attached hydrogens (tertiary/aromatic N) is 5. The number of fused-ring (bicyclic) bond motifs is 1. The molecule has 176 valence electrons. The number of aromatic nitrogens is 4. The third-order valence-electron chi connectivity index (χ3n) is 4.90. The van der Waals surface area contributed by atoms with Crippen LogP contribution in [0.3, 0.4) is 0 Å². The van der Waals surface area contributed by atoms with E-state index in [-0.39, 0.29) is 17.7 Å². The summed E-state index contributed by atoms with van der Waals surface area (Å²) in [5.41, 5.74) is 14.4. The summed E-state index contributed by atoms with van der Waals surface area (Å²) in [6, 6.07) is 7.23. The molecule has 2 heterocycles. The number of hydrogen-bond donors (Lipinski definition) is 3. The van der Waals surface area contributed by atoms with E-state index in [2.05, 4.69) is 25.3 Å². The van der Waals surface area contributed by atoms with E-state index in [1.807, 2.05) is 31.0 Å². The van der Waals surface area contributed by atoms with E-state index in [0.717, 1.165) is 5.69 Å². The van der Waals surface area contributed by atoms with Crippen LogP contribution >= 0.6 is 7.37 Å². The molecule has 0 saturated heterocycles. The summed E-state index contributed by atoms with van der Waals surface area (Å²) < 4.78 is 17.3. The van der Waals surface area contributed by atoms with Gasteiger partial charge in [-0.2, -0.15) is 9.97 Å². The number of benzene rings is 1. The first-order chi connectivity index (χ1) is 15.7. The summed E-state index contributed by atoms with van der Waals surface area (Å²) >= 11 is 0. The van der Waals surface area contributed by atoms with Gasteiger partial charge >= 0.3 is 0 Å². The van der Waals surface area contributed by atoms with Crippen LogP contribution in [0, 0.1) is 0 Å². The minimum Gasteiger partial charge on any atom is -0.382 e. The lowest BCUT2D eigenvalue weighted by Gasteiger charge is -2.19. The van der Waals surface area contributed by atoms with Crippen LogP contribution in [0.2, 0.25) is 0 Å². The molecule has 1 unspecified atom stereocenters. The highest BCUT2D eigenvalue weighted by molar-refractivity contribution is 7.58. The maximum absolute atomic E-state index is 12.4. The molecule has 0 aliphatic heterocycles. The Bertz CT molecular complexity index is 1170. The van der Waals surface area contributed by atoms with Gasteiger partial charge in [-0.3, -0.25) is 9.36 Å². The molecule has 1 atom stereocenters. The van der Waals surface area contributed by atoms with Crippen molar-refractivity contribution in [2.45, 2.75) is 19.9 Å². The largest absolute Gasteiger partial charge is 0.382 e. The van der Waals surface area contributed by atoms with Gasteiger partial charge in [0.25, 0.3) is 5.91 Å². The zero-order valence-corrected chi connectivity index (χ0v) is 19.9. The molecule has 11 nitrogen and oxygen atoms in total. The number of nitrogen functional groups attached to an aromatic ring is 2. The van der Waals surface area contributed by atoms with Crippen LogP contribution in [-0.4, -0.2) is 58.9 Å². The molecule has 5 N–H and O–H groups in total. The second-order valence-corrected chi connectivity index (χ2v) is 10.4. The van der Waals surface area contributed by atoms with Crippen molar-refractivity contribution in [3.05, 3.63) is 41.7 Å². The highest BCUT2D eigenvalue weighted by atomic mass is 31.2. The number of nitrogens with one attached hydrogen (secondary N) is 1. The number of carbonyl (C=O) groups excluding carboxylic acids is 1. The third kappa shape index (κ3) is 6.59. The number of amides is 1. The molecule has 0 aliphatic rings. The Hall–Kier alpha value is -3.30. The molecule has 0 radical (unpaired) electrons. The highest BCUT2D eigenvalue weighted by Crippen LogP contribution is 2.42. The molecule has 1 aromatic carbocycles. The number of rotatable bonds is 10. The lowest BCUT2D eigenvalue weighted by Crippen LogP contribution is -2.25. The zero-order chi connectivity index (χ0) is 24.0. The summed E-state index contributed by atoms with van der Waals surface area (Å²) in [6.07, 6.45) is 2.65. The molecular weight excluding hydrogens is 443 g/mol. The van der Waals surface area contributed by atoms with E-state index in [1.165, 1.54) is 0 Å². The lowest BCUT2D eigenvalue weighted by molar-refractivity contribution is 0.0953. The molecule has 12 heteroatoms. The summed E-state index contributed by atoms with van der Waals surface area (Å²) in [7, 11) is -0.668. The Morgan fingerprint density at radius 1 is 1.18 bits per heavy atom. The Labute approximate surface area is 192 Å². The van der Waals surface area contributed by atoms with E-state index < -0.39 is 7.37 Å². The fourth-order valence-corrected chi connectivity index (χ4v) is 4.68. The molecule has 33 heavy (non-hydrogen) atoms. The van der Waals surface area contributed by atoms with Gasteiger partial charge in [-0.15, -0.1) is 0 Å². The quantitative estimate of drug-likeness (QED) is 0.295. The van der Waals surface area contributed by atoms with Crippen molar-refractivity contribution in [2.75, 3.05) is 49.4 Å². The molecule has 0 aliphatic carbocycles. The topological polar surface area (TPSA) is 162 Å². The first kappa shape index (κ1) is 24.3. The molecule has 3 aromatic rings. The molecular formula is C21H29N8O3P. The fraction of sp³-hybridized carbons (Fsp3) is 0.381. The van der Waals surface area contributed by atoms with Crippen molar-refractivity contribution in [2.24, 2.45) is 0 Å². The molecule has 0 spiro atoms. The minimum atomic E-state index is -2.58. The number of anilines is 3. The van der Waals surface area contributed by atoms with Crippen LogP contribution < -0.4 is 21.7 Å². The summed E-state index contributed by atoms with van der Waals surface area (Å²) in [4.78, 5) is 31.1. The number of carbonyl (C=O) groups is 1. The zero-order valence-electron chi connectivity index (χ0n) is 19.0. The summed E-state index contributed by atoms with van der Waals surface area (Å²) in [5.74, 6) is 0.0605. The van der Waals surface area contributed by atoms with Crippen molar-refractivity contribution in [3.8, 4) is 0 Å². The Morgan fingerprint density at radius 3 is 2.61 bits per heavy atom. The maximum Gasteiger partial charge on any atom is 0.251 e. The van der Waals surface area contributed by atoms with E-state index in [4.69, 9.17) is 16.0 Å². The van der Waals surface area contributed by atoms with Crippen LogP contribution in [0.5, 0.6) is 0 Å². The van der Waals surface area contributed by atoms with Crippen LogP contribution in [0.1, 0.15) is 29.4 Å². The monoisotopic (exact) mass is 472 g/mol. The van der Waals surface area contributed by atoms with Gasteiger partial charge in [0.05, 0.1) is 25.0 Å². The molecule has 0 bridgehead atoms. The lowest BCUT2D eigenvalue weighted by atomic mass is 10.2. The highest BCUT2D eigenvalue weighted by Gasteiger charge is 2.15. The number of hydrogen-bond acceptors (Lipinski definition) is 10. The maximum atomic E-state index is 12.4. The molecule has 3 rings (SSSR count). The summed E-state index contributed by atoms with van der Waals surface area (Å²) in [5, 5.41) is 2.85. The van der Waals surface area contributed by atoms with Crippen LogP contribution in [0.15, 0.2) is 30.5 Å². The van der Waals surface area contributed by atoms with Crippen molar-refractivity contribution in [3.63, 3.8) is 0 Å². The second kappa shape index (κ2) is 10.5. The van der Waals surface area contributed by atoms with Gasteiger partial charge in [-0.25, -0.2) is 9.97 Å². The van der Waals surface area contributed by atoms with Gasteiger partial charge in [0.15, 0.2) is 24.4 Å². The third-order valence-corrected chi connectivity index (χ3v) is 6.83. The van der Waals surface area contributed by atoms with Crippen molar-refractivity contribution in [1.29, 1.82) is 0 Å². The standard InChI is InChI=1S/C21H29N8O3P/c1-4-32-33(3,31)11-5-10-24-20(30)14-6-8-16(9-7-14)29(2)13-15-12-25-19-17(26-15)18(22)27-21(23)28-19/h6-9,12H,4-5,10-11,13H2,1-3H3,(H,24,30)(H4,22,23,25,27,28). The van der Waals surface area contributed by atoms with Crippen molar-refractivity contribution < 1.29 is 13.9 Å². The predicted octanol–water partition coefficient (Wildman–Crippen LogP) is 2.28. The first-order valence-corrected chi connectivity index (χ1v) is 12.8. The van der Waals surface area contributed by atoms with Crippen LogP contribution in [-0.2, 0) is 15.6 Å². The summed E-state index contributed by atoms with van der Waals surface area (Å²) in [6.45, 7) is 4.76. The smallest absolute Gasteiger partial charge is 0.251 e. The molecule has 0 saturated carbocycles. The van der Waals surface area contributed by atoms with E-state index in [9.17, 15) is 9.36 Å².